The predicted octanol–water partition coefficient (Wildman–Crippen LogP) is 4.57. The first kappa shape index (κ1) is 22.3. The maximum atomic E-state index is 12.9. The summed E-state index contributed by atoms with van der Waals surface area (Å²) < 4.78 is 16.1. The second-order valence-corrected chi connectivity index (χ2v) is 7.92. The van der Waals surface area contributed by atoms with Gasteiger partial charge in [0.15, 0.2) is 5.82 Å². The number of thiazole rings is 1. The summed E-state index contributed by atoms with van der Waals surface area (Å²) in [5.41, 5.74) is 2.24. The number of aromatic amines is 1. The van der Waals surface area contributed by atoms with Gasteiger partial charge in [0.25, 0.3) is 5.91 Å². The van der Waals surface area contributed by atoms with Gasteiger partial charge in [-0.2, -0.15) is 4.98 Å². The van der Waals surface area contributed by atoms with Crippen LogP contribution in [0.15, 0.2) is 42.5 Å². The van der Waals surface area contributed by atoms with Crippen LogP contribution in [-0.2, 0) is 0 Å². The minimum absolute atomic E-state index is 0.156. The molecule has 0 fully saturated rings. The van der Waals surface area contributed by atoms with E-state index in [-0.39, 0.29) is 11.9 Å². The van der Waals surface area contributed by atoms with E-state index in [1.807, 2.05) is 31.2 Å². The quantitative estimate of drug-likeness (QED) is 0.392. The van der Waals surface area contributed by atoms with Crippen LogP contribution in [0.25, 0.3) is 22.0 Å². The molecule has 0 saturated carbocycles. The van der Waals surface area contributed by atoms with Gasteiger partial charge >= 0.3 is 0 Å². The summed E-state index contributed by atoms with van der Waals surface area (Å²) in [6.45, 7) is 4.34. The zero-order valence-electron chi connectivity index (χ0n) is 18.6. The van der Waals surface area contributed by atoms with Crippen LogP contribution in [0.4, 0.5) is 5.95 Å². The molecule has 2 aromatic heterocycles. The van der Waals surface area contributed by atoms with Gasteiger partial charge in [-0.25, -0.2) is 4.98 Å². The standard InChI is InChI=1S/C23H23N5O4S/c1-5-32-15-8-6-14(7-9-15)22-24-13(2)19(33-22)21(29)26-23-25-20(27-28-23)17-11-10-16(30-3)12-18(17)31-4/h6-12H,5H2,1-4H3,(H2,25,26,27,28,29). The Morgan fingerprint density at radius 1 is 1.06 bits per heavy atom. The number of benzene rings is 2. The van der Waals surface area contributed by atoms with E-state index in [0.29, 0.717) is 40.1 Å². The fourth-order valence-electron chi connectivity index (χ4n) is 3.18. The van der Waals surface area contributed by atoms with Crippen molar-refractivity contribution >= 4 is 23.2 Å². The fourth-order valence-corrected chi connectivity index (χ4v) is 4.15. The molecule has 0 saturated heterocycles. The summed E-state index contributed by atoms with van der Waals surface area (Å²) in [7, 11) is 3.14. The number of nitrogens with zero attached hydrogens (tertiary/aromatic N) is 3. The van der Waals surface area contributed by atoms with Crippen molar-refractivity contribution in [3.05, 3.63) is 53.0 Å². The highest BCUT2D eigenvalue weighted by Gasteiger charge is 2.19. The Labute approximate surface area is 194 Å². The summed E-state index contributed by atoms with van der Waals surface area (Å²) in [5.74, 6) is 2.31. The van der Waals surface area contributed by atoms with Crippen molar-refractivity contribution in [3.63, 3.8) is 0 Å². The number of hydrogen-bond donors (Lipinski definition) is 2. The van der Waals surface area contributed by atoms with E-state index in [1.165, 1.54) is 11.3 Å². The van der Waals surface area contributed by atoms with E-state index in [4.69, 9.17) is 14.2 Å². The van der Waals surface area contributed by atoms with Gasteiger partial charge in [-0.15, -0.1) is 16.4 Å². The lowest BCUT2D eigenvalue weighted by molar-refractivity contribution is 0.102. The fraction of sp³-hybridized carbons (Fsp3) is 0.217. The minimum Gasteiger partial charge on any atom is -0.497 e. The van der Waals surface area contributed by atoms with E-state index in [0.717, 1.165) is 16.3 Å². The van der Waals surface area contributed by atoms with E-state index >= 15 is 0 Å². The van der Waals surface area contributed by atoms with Crippen molar-refractivity contribution < 1.29 is 19.0 Å². The largest absolute Gasteiger partial charge is 0.497 e. The van der Waals surface area contributed by atoms with E-state index < -0.39 is 0 Å². The third-order valence-corrected chi connectivity index (χ3v) is 5.99. The molecule has 0 aliphatic heterocycles. The molecule has 0 spiro atoms. The van der Waals surface area contributed by atoms with Crippen molar-refractivity contribution in [2.45, 2.75) is 13.8 Å². The normalized spacial score (nSPS) is 10.7. The molecule has 9 nitrogen and oxygen atoms in total. The number of aryl methyl sites for hydroxylation is 1. The highest BCUT2D eigenvalue weighted by atomic mass is 32.1. The van der Waals surface area contributed by atoms with Gasteiger partial charge < -0.3 is 14.2 Å². The molecule has 10 heteroatoms. The SMILES string of the molecule is CCOc1ccc(-c2nc(C)c(C(=O)Nc3n[nH]c(-c4ccc(OC)cc4OC)n3)s2)cc1. The second kappa shape index (κ2) is 9.70. The van der Waals surface area contributed by atoms with Crippen molar-refractivity contribution in [1.82, 2.24) is 20.2 Å². The molecule has 0 atom stereocenters. The van der Waals surface area contributed by atoms with Gasteiger partial charge in [-0.3, -0.25) is 15.2 Å². The molecular weight excluding hydrogens is 442 g/mol. The first-order valence-corrected chi connectivity index (χ1v) is 11.0. The predicted molar refractivity (Wildman–Crippen MR) is 126 cm³/mol. The maximum absolute atomic E-state index is 12.9. The minimum atomic E-state index is -0.325. The van der Waals surface area contributed by atoms with Crippen LogP contribution in [0.1, 0.15) is 22.3 Å². The number of H-pyrrole nitrogens is 1. The third kappa shape index (κ3) is 4.80. The molecule has 0 bridgehead atoms. The molecule has 4 aromatic rings. The van der Waals surface area contributed by atoms with Crippen LogP contribution in [0.5, 0.6) is 17.2 Å². The Balaban J connectivity index is 1.51. The molecule has 0 radical (unpaired) electrons. The van der Waals surface area contributed by atoms with Crippen molar-refractivity contribution in [1.29, 1.82) is 0 Å². The van der Waals surface area contributed by atoms with Crippen LogP contribution in [0.2, 0.25) is 0 Å². The number of methoxy groups -OCH3 is 2. The molecule has 0 aliphatic rings. The van der Waals surface area contributed by atoms with Gasteiger partial charge in [0.2, 0.25) is 5.95 Å². The molecule has 2 N–H and O–H groups in total. The number of amides is 1. The summed E-state index contributed by atoms with van der Waals surface area (Å²) in [6.07, 6.45) is 0. The number of ether oxygens (including phenoxy) is 3. The lowest BCUT2D eigenvalue weighted by Crippen LogP contribution is -2.12. The highest BCUT2D eigenvalue weighted by molar-refractivity contribution is 7.17. The lowest BCUT2D eigenvalue weighted by Gasteiger charge is -2.07. The molecule has 2 aromatic carbocycles. The monoisotopic (exact) mass is 465 g/mol. The Morgan fingerprint density at radius 3 is 2.52 bits per heavy atom. The van der Waals surface area contributed by atoms with Crippen molar-refractivity contribution in [2.75, 3.05) is 26.1 Å². The number of anilines is 1. The van der Waals surface area contributed by atoms with E-state index in [9.17, 15) is 4.79 Å². The third-order valence-electron chi connectivity index (χ3n) is 4.79. The number of nitrogens with one attached hydrogen (secondary N) is 2. The van der Waals surface area contributed by atoms with Gasteiger partial charge in [0.1, 0.15) is 27.1 Å². The Hall–Kier alpha value is -3.92. The van der Waals surface area contributed by atoms with E-state index in [1.54, 1.807) is 39.3 Å². The molecule has 1 amide bonds. The van der Waals surface area contributed by atoms with Gasteiger partial charge in [-0.05, 0) is 50.2 Å². The van der Waals surface area contributed by atoms with Crippen molar-refractivity contribution in [2.24, 2.45) is 0 Å². The number of carbonyl (C=O) groups is 1. The average Bonchev–Trinajstić information content (AvgIpc) is 3.46. The topological polar surface area (TPSA) is 111 Å². The zero-order valence-corrected chi connectivity index (χ0v) is 19.4. The number of hydrogen-bond acceptors (Lipinski definition) is 8. The number of aromatic nitrogens is 4. The lowest BCUT2D eigenvalue weighted by atomic mass is 10.2. The smallest absolute Gasteiger partial charge is 0.270 e. The Kier molecular flexibility index (Phi) is 6.55. The highest BCUT2D eigenvalue weighted by Crippen LogP contribution is 2.32. The van der Waals surface area contributed by atoms with Crippen LogP contribution in [-0.4, -0.2) is 46.9 Å². The molecule has 0 aliphatic carbocycles. The van der Waals surface area contributed by atoms with Crippen molar-refractivity contribution in [3.8, 4) is 39.2 Å². The van der Waals surface area contributed by atoms with Gasteiger partial charge in [0, 0.05) is 11.6 Å². The van der Waals surface area contributed by atoms with Crippen LogP contribution in [0, 0.1) is 6.92 Å². The molecule has 4 rings (SSSR count). The molecule has 2 heterocycles. The van der Waals surface area contributed by atoms with Gasteiger partial charge in [-0.1, -0.05) is 0 Å². The summed E-state index contributed by atoms with van der Waals surface area (Å²) in [4.78, 5) is 22.3. The molecule has 0 unspecified atom stereocenters. The Bertz CT molecular complexity index is 1270. The Morgan fingerprint density at radius 2 is 1.82 bits per heavy atom. The van der Waals surface area contributed by atoms with E-state index in [2.05, 4.69) is 25.5 Å². The van der Waals surface area contributed by atoms with Crippen LogP contribution >= 0.6 is 11.3 Å². The number of rotatable bonds is 8. The summed E-state index contributed by atoms with van der Waals surface area (Å²) in [6, 6.07) is 13.0. The molecule has 170 valence electrons. The first-order chi connectivity index (χ1) is 16.0. The summed E-state index contributed by atoms with van der Waals surface area (Å²) in [5, 5.41) is 10.4. The van der Waals surface area contributed by atoms with Gasteiger partial charge in [0.05, 0.1) is 32.1 Å². The average molecular weight is 466 g/mol. The summed E-state index contributed by atoms with van der Waals surface area (Å²) >= 11 is 1.31. The molecular formula is C23H23N5O4S. The van der Waals surface area contributed by atoms with Crippen LogP contribution < -0.4 is 19.5 Å². The zero-order chi connectivity index (χ0) is 23.4. The maximum Gasteiger partial charge on any atom is 0.270 e. The number of carbonyl (C=O) groups excluding carboxylic acids is 1. The first-order valence-electron chi connectivity index (χ1n) is 10.2. The van der Waals surface area contributed by atoms with Crippen LogP contribution in [0.3, 0.4) is 0 Å². The second-order valence-electron chi connectivity index (χ2n) is 6.92. The molecule has 33 heavy (non-hydrogen) atoms.